The monoisotopic (exact) mass is 467 g/mol. The molecule has 1 aliphatic rings. The molecule has 35 heavy (non-hydrogen) atoms. The fourth-order valence-electron chi connectivity index (χ4n) is 5.78. The molecule has 2 heteroatoms. The highest BCUT2D eigenvalue weighted by Gasteiger charge is 2.36. The standard InChI is InChI=1S/C33H25NS/c1-33(2)25-15-8-6-13-23(25)30-26(33)16-10-17-27(30)34-28-20-19-22(21-11-4-3-5-12-21)32-31(28)24-14-7-9-18-29(24)35-32/h3-20,34H,1-2H3. The molecule has 1 N–H and O–H groups in total. The van der Waals surface area contributed by atoms with Gasteiger partial charge < -0.3 is 5.32 Å². The third kappa shape index (κ3) is 3.00. The smallest absolute Gasteiger partial charge is 0.0479 e. The number of thiophene rings is 1. The van der Waals surface area contributed by atoms with Crippen LogP contribution in [-0.4, -0.2) is 0 Å². The van der Waals surface area contributed by atoms with Crippen molar-refractivity contribution < 1.29 is 0 Å². The van der Waals surface area contributed by atoms with Crippen molar-refractivity contribution in [2.24, 2.45) is 0 Å². The van der Waals surface area contributed by atoms with E-state index in [1.165, 1.54) is 59.2 Å². The molecule has 0 radical (unpaired) electrons. The fourth-order valence-corrected chi connectivity index (χ4v) is 7.05. The topological polar surface area (TPSA) is 12.0 Å². The van der Waals surface area contributed by atoms with Crippen molar-refractivity contribution in [2.45, 2.75) is 19.3 Å². The number of rotatable bonds is 3. The van der Waals surface area contributed by atoms with Gasteiger partial charge in [-0.15, -0.1) is 11.3 Å². The second-order valence-corrected chi connectivity index (χ2v) is 10.9. The van der Waals surface area contributed by atoms with Gasteiger partial charge >= 0.3 is 0 Å². The van der Waals surface area contributed by atoms with Crippen LogP contribution in [0.4, 0.5) is 11.4 Å². The third-order valence-electron chi connectivity index (χ3n) is 7.49. The van der Waals surface area contributed by atoms with Gasteiger partial charge in [0.1, 0.15) is 0 Å². The van der Waals surface area contributed by atoms with Gasteiger partial charge in [-0.1, -0.05) is 105 Å². The average Bonchev–Trinajstić information content (AvgIpc) is 3.39. The van der Waals surface area contributed by atoms with E-state index in [1.807, 2.05) is 11.3 Å². The summed E-state index contributed by atoms with van der Waals surface area (Å²) in [4.78, 5) is 0. The van der Waals surface area contributed by atoms with Crippen LogP contribution in [0.5, 0.6) is 0 Å². The van der Waals surface area contributed by atoms with Crippen LogP contribution in [0.15, 0.2) is 109 Å². The second-order valence-electron chi connectivity index (χ2n) is 9.85. The van der Waals surface area contributed by atoms with Crippen LogP contribution in [0.1, 0.15) is 25.0 Å². The van der Waals surface area contributed by atoms with Gasteiger partial charge in [0.2, 0.25) is 0 Å². The molecule has 0 amide bonds. The molecule has 168 valence electrons. The SMILES string of the molecule is CC1(C)c2ccccc2-c2c(Nc3ccc(-c4ccccc4)c4sc5ccccc5c34)cccc21. The van der Waals surface area contributed by atoms with Gasteiger partial charge in [0, 0.05) is 42.5 Å². The van der Waals surface area contributed by atoms with Gasteiger partial charge in [-0.25, -0.2) is 0 Å². The first-order valence-electron chi connectivity index (χ1n) is 12.1. The highest BCUT2D eigenvalue weighted by Crippen LogP contribution is 2.52. The molecule has 0 atom stereocenters. The number of benzene rings is 5. The van der Waals surface area contributed by atoms with Gasteiger partial charge in [0.05, 0.1) is 0 Å². The zero-order valence-corrected chi connectivity index (χ0v) is 20.6. The van der Waals surface area contributed by atoms with Gasteiger partial charge in [0.25, 0.3) is 0 Å². The van der Waals surface area contributed by atoms with Crippen molar-refractivity contribution in [3.8, 4) is 22.3 Å². The number of nitrogens with one attached hydrogen (secondary N) is 1. The van der Waals surface area contributed by atoms with Crippen LogP contribution in [0.3, 0.4) is 0 Å². The lowest BCUT2D eigenvalue weighted by molar-refractivity contribution is 0.660. The van der Waals surface area contributed by atoms with Crippen LogP contribution in [0, 0.1) is 0 Å². The predicted octanol–water partition coefficient (Wildman–Crippen LogP) is 9.77. The summed E-state index contributed by atoms with van der Waals surface area (Å²) in [7, 11) is 0. The second kappa shape index (κ2) is 7.56. The first kappa shape index (κ1) is 20.5. The molecule has 1 nitrogen and oxygen atoms in total. The minimum absolute atomic E-state index is 0.00875. The molecule has 0 unspecified atom stereocenters. The summed E-state index contributed by atoms with van der Waals surface area (Å²) in [6.45, 7) is 4.67. The summed E-state index contributed by atoms with van der Waals surface area (Å²) >= 11 is 1.88. The minimum Gasteiger partial charge on any atom is -0.354 e. The lowest BCUT2D eigenvalue weighted by Gasteiger charge is -2.21. The van der Waals surface area contributed by atoms with Crippen molar-refractivity contribution in [2.75, 3.05) is 5.32 Å². The van der Waals surface area contributed by atoms with Gasteiger partial charge in [-0.3, -0.25) is 0 Å². The summed E-state index contributed by atoms with van der Waals surface area (Å²) in [5, 5.41) is 6.50. The number of hydrogen-bond donors (Lipinski definition) is 1. The van der Waals surface area contributed by atoms with Crippen LogP contribution in [0.2, 0.25) is 0 Å². The highest BCUT2D eigenvalue weighted by atomic mass is 32.1. The molecule has 1 aromatic heterocycles. The zero-order chi connectivity index (χ0) is 23.6. The molecule has 0 saturated heterocycles. The van der Waals surface area contributed by atoms with Crippen molar-refractivity contribution >= 4 is 42.9 Å². The molecule has 5 aromatic carbocycles. The molecule has 6 aromatic rings. The molecule has 0 aliphatic heterocycles. The number of fused-ring (bicyclic) bond motifs is 6. The van der Waals surface area contributed by atoms with E-state index < -0.39 is 0 Å². The van der Waals surface area contributed by atoms with Crippen LogP contribution >= 0.6 is 11.3 Å². The maximum absolute atomic E-state index is 3.89. The molecule has 0 bridgehead atoms. The minimum atomic E-state index is -0.00875. The molecule has 0 spiro atoms. The Morgan fingerprint density at radius 3 is 2.23 bits per heavy atom. The maximum Gasteiger partial charge on any atom is 0.0479 e. The summed E-state index contributed by atoms with van der Waals surface area (Å²) in [6.07, 6.45) is 0. The van der Waals surface area contributed by atoms with Crippen molar-refractivity contribution in [3.05, 3.63) is 120 Å². The summed E-state index contributed by atoms with van der Waals surface area (Å²) in [5.74, 6) is 0. The Hall–Kier alpha value is -3.88. The lowest BCUT2D eigenvalue weighted by Crippen LogP contribution is -2.14. The van der Waals surface area contributed by atoms with Gasteiger partial charge in [-0.05, 0) is 46.0 Å². The summed E-state index contributed by atoms with van der Waals surface area (Å²) < 4.78 is 2.65. The fraction of sp³-hybridized carbons (Fsp3) is 0.0909. The van der Waals surface area contributed by atoms with E-state index in [0.29, 0.717) is 0 Å². The lowest BCUT2D eigenvalue weighted by atomic mass is 9.82. The van der Waals surface area contributed by atoms with E-state index in [9.17, 15) is 0 Å². The van der Waals surface area contributed by atoms with E-state index >= 15 is 0 Å². The molecular weight excluding hydrogens is 442 g/mol. The van der Waals surface area contributed by atoms with Crippen LogP contribution in [-0.2, 0) is 5.41 Å². The van der Waals surface area contributed by atoms with Gasteiger partial charge in [-0.2, -0.15) is 0 Å². The Kier molecular flexibility index (Phi) is 4.43. The third-order valence-corrected chi connectivity index (χ3v) is 8.69. The number of anilines is 2. The summed E-state index contributed by atoms with van der Waals surface area (Å²) in [5.41, 5.74) is 10.3. The van der Waals surface area contributed by atoms with Gasteiger partial charge in [0.15, 0.2) is 0 Å². The Morgan fingerprint density at radius 2 is 1.34 bits per heavy atom. The van der Waals surface area contributed by atoms with E-state index in [1.54, 1.807) is 0 Å². The molecule has 1 heterocycles. The normalized spacial score (nSPS) is 13.7. The van der Waals surface area contributed by atoms with E-state index in [-0.39, 0.29) is 5.41 Å². The maximum atomic E-state index is 3.89. The summed E-state index contributed by atoms with van der Waals surface area (Å²) in [6, 6.07) is 39.6. The largest absolute Gasteiger partial charge is 0.354 e. The van der Waals surface area contributed by atoms with Crippen molar-refractivity contribution in [1.29, 1.82) is 0 Å². The van der Waals surface area contributed by atoms with E-state index in [2.05, 4.69) is 128 Å². The van der Waals surface area contributed by atoms with E-state index in [0.717, 1.165) is 5.69 Å². The molecule has 7 rings (SSSR count). The quantitative estimate of drug-likeness (QED) is 0.273. The Bertz CT molecular complexity index is 1740. The first-order chi connectivity index (χ1) is 17.1. The molecule has 0 saturated carbocycles. The van der Waals surface area contributed by atoms with E-state index in [4.69, 9.17) is 0 Å². The van der Waals surface area contributed by atoms with Crippen molar-refractivity contribution in [1.82, 2.24) is 0 Å². The predicted molar refractivity (Wildman–Crippen MR) is 152 cm³/mol. The van der Waals surface area contributed by atoms with Crippen LogP contribution < -0.4 is 5.32 Å². The Labute approximate surface area is 209 Å². The molecule has 0 fully saturated rings. The number of hydrogen-bond acceptors (Lipinski definition) is 2. The Balaban J connectivity index is 1.46. The van der Waals surface area contributed by atoms with Crippen LogP contribution in [0.25, 0.3) is 42.4 Å². The highest BCUT2D eigenvalue weighted by molar-refractivity contribution is 7.26. The zero-order valence-electron chi connectivity index (χ0n) is 19.8. The Morgan fingerprint density at radius 1 is 0.600 bits per heavy atom. The van der Waals surface area contributed by atoms with Crippen molar-refractivity contribution in [3.63, 3.8) is 0 Å². The first-order valence-corrected chi connectivity index (χ1v) is 12.9. The molecule has 1 aliphatic carbocycles. The molecular formula is C33H25NS. The average molecular weight is 468 g/mol.